The van der Waals surface area contributed by atoms with Crippen LogP contribution in [0.4, 0.5) is 0 Å². The molecule has 1 aliphatic rings. The summed E-state index contributed by atoms with van der Waals surface area (Å²) in [6.07, 6.45) is 4.07. The molecule has 0 aromatic carbocycles. The fourth-order valence-electron chi connectivity index (χ4n) is 2.10. The zero-order chi connectivity index (χ0) is 11.2. The summed E-state index contributed by atoms with van der Waals surface area (Å²) >= 11 is 1.80. The van der Waals surface area contributed by atoms with Gasteiger partial charge in [-0.3, -0.25) is 4.90 Å². The van der Waals surface area contributed by atoms with Crippen LogP contribution in [0.5, 0.6) is 0 Å². The number of piperidine rings is 1. The molecule has 0 amide bonds. The minimum Gasteiger partial charge on any atom is -0.464 e. The van der Waals surface area contributed by atoms with Crippen molar-refractivity contribution in [3.63, 3.8) is 0 Å². The third-order valence-corrected chi connectivity index (χ3v) is 3.71. The molecule has 0 aliphatic carbocycles. The van der Waals surface area contributed by atoms with Crippen LogP contribution in [0.2, 0.25) is 0 Å². The summed E-state index contributed by atoms with van der Waals surface area (Å²) in [7, 11) is 0. The third kappa shape index (κ3) is 3.56. The predicted octanol–water partition coefficient (Wildman–Crippen LogP) is 3.33. The van der Waals surface area contributed by atoms with Crippen LogP contribution in [0, 0.1) is 6.92 Å². The Morgan fingerprint density at radius 2 is 1.94 bits per heavy atom. The average Bonchev–Trinajstić information content (AvgIpc) is 2.75. The Balaban J connectivity index is 1.81. The highest BCUT2D eigenvalue weighted by atomic mass is 32.2. The molecule has 89 valence electrons. The van der Waals surface area contributed by atoms with E-state index in [2.05, 4.69) is 24.0 Å². The Bertz CT molecular complexity index is 305. The Morgan fingerprint density at radius 1 is 1.19 bits per heavy atom. The molecule has 0 bridgehead atoms. The minimum absolute atomic E-state index is 0.905. The molecule has 1 radical (unpaired) electrons. The quantitative estimate of drug-likeness (QED) is 0.783. The van der Waals surface area contributed by atoms with Gasteiger partial charge in [0.2, 0.25) is 0 Å². The van der Waals surface area contributed by atoms with Gasteiger partial charge in [0.1, 0.15) is 11.5 Å². The van der Waals surface area contributed by atoms with Crippen molar-refractivity contribution in [2.75, 3.05) is 18.8 Å². The second-order valence-electron chi connectivity index (χ2n) is 4.26. The SMILES string of the molecule is [CH2]CSCc1ccc(CN2CCCCC2)o1. The molecule has 1 aromatic rings. The van der Waals surface area contributed by atoms with Crippen LogP contribution in [-0.4, -0.2) is 23.7 Å². The largest absolute Gasteiger partial charge is 0.464 e. The summed E-state index contributed by atoms with van der Waals surface area (Å²) in [5.74, 6) is 4.05. The predicted molar refractivity (Wildman–Crippen MR) is 69.4 cm³/mol. The molecule has 2 heterocycles. The maximum absolute atomic E-state index is 5.80. The van der Waals surface area contributed by atoms with Crippen LogP contribution < -0.4 is 0 Å². The Hall–Kier alpha value is -0.410. The lowest BCUT2D eigenvalue weighted by Gasteiger charge is -2.25. The van der Waals surface area contributed by atoms with Crippen molar-refractivity contribution in [3.05, 3.63) is 30.6 Å². The zero-order valence-corrected chi connectivity index (χ0v) is 10.6. The first-order valence-electron chi connectivity index (χ1n) is 6.05. The second kappa shape index (κ2) is 6.36. The van der Waals surface area contributed by atoms with E-state index < -0.39 is 0 Å². The molecule has 0 N–H and O–H groups in total. The number of rotatable bonds is 5. The van der Waals surface area contributed by atoms with E-state index in [1.165, 1.54) is 32.4 Å². The molecule has 0 atom stereocenters. The fourth-order valence-corrected chi connectivity index (χ4v) is 2.60. The van der Waals surface area contributed by atoms with Crippen molar-refractivity contribution >= 4 is 11.8 Å². The molecule has 1 saturated heterocycles. The molecule has 1 aromatic heterocycles. The van der Waals surface area contributed by atoms with Crippen LogP contribution in [0.1, 0.15) is 30.8 Å². The lowest BCUT2D eigenvalue weighted by molar-refractivity contribution is 0.204. The highest BCUT2D eigenvalue weighted by molar-refractivity contribution is 7.98. The van der Waals surface area contributed by atoms with Gasteiger partial charge in [-0.05, 0) is 50.7 Å². The van der Waals surface area contributed by atoms with Crippen molar-refractivity contribution in [2.45, 2.75) is 31.6 Å². The van der Waals surface area contributed by atoms with E-state index in [1.54, 1.807) is 11.8 Å². The fraction of sp³-hybridized carbons (Fsp3) is 0.615. The van der Waals surface area contributed by atoms with Crippen molar-refractivity contribution < 1.29 is 4.42 Å². The van der Waals surface area contributed by atoms with Crippen LogP contribution in [0.25, 0.3) is 0 Å². The standard InChI is InChI=1S/C13H20NOS/c1-2-16-11-13-7-6-12(15-13)10-14-8-4-3-5-9-14/h6-7H,1-5,8-11H2. The Labute approximate surface area is 102 Å². The molecule has 0 spiro atoms. The highest BCUT2D eigenvalue weighted by Gasteiger charge is 2.12. The van der Waals surface area contributed by atoms with Gasteiger partial charge in [0.15, 0.2) is 0 Å². The summed E-state index contributed by atoms with van der Waals surface area (Å²) in [6.45, 7) is 7.25. The number of nitrogens with zero attached hydrogens (tertiary/aromatic N) is 1. The van der Waals surface area contributed by atoms with Crippen molar-refractivity contribution in [1.29, 1.82) is 0 Å². The van der Waals surface area contributed by atoms with Crippen molar-refractivity contribution in [3.8, 4) is 0 Å². The first-order valence-corrected chi connectivity index (χ1v) is 7.21. The summed E-state index contributed by atoms with van der Waals surface area (Å²) in [5.41, 5.74) is 0. The summed E-state index contributed by atoms with van der Waals surface area (Å²) in [5, 5.41) is 0. The topological polar surface area (TPSA) is 16.4 Å². The van der Waals surface area contributed by atoms with Crippen LogP contribution in [-0.2, 0) is 12.3 Å². The van der Waals surface area contributed by atoms with E-state index >= 15 is 0 Å². The first-order chi connectivity index (χ1) is 7.88. The summed E-state index contributed by atoms with van der Waals surface area (Å²) < 4.78 is 5.80. The van der Waals surface area contributed by atoms with Crippen LogP contribution in [0.3, 0.4) is 0 Å². The van der Waals surface area contributed by atoms with Crippen molar-refractivity contribution in [1.82, 2.24) is 4.90 Å². The molecule has 0 saturated carbocycles. The maximum Gasteiger partial charge on any atom is 0.118 e. The number of furan rings is 1. The summed E-state index contributed by atoms with van der Waals surface area (Å²) in [6, 6.07) is 4.22. The Kier molecular flexibility index (Phi) is 4.79. The lowest BCUT2D eigenvalue weighted by atomic mass is 10.1. The number of hydrogen-bond donors (Lipinski definition) is 0. The van der Waals surface area contributed by atoms with Gasteiger partial charge >= 0.3 is 0 Å². The van der Waals surface area contributed by atoms with Crippen LogP contribution >= 0.6 is 11.8 Å². The summed E-state index contributed by atoms with van der Waals surface area (Å²) in [4.78, 5) is 2.49. The van der Waals surface area contributed by atoms with Gasteiger partial charge in [-0.2, -0.15) is 11.8 Å². The van der Waals surface area contributed by atoms with Gasteiger partial charge in [-0.25, -0.2) is 0 Å². The number of thioether (sulfide) groups is 1. The van der Waals surface area contributed by atoms with Gasteiger partial charge < -0.3 is 4.42 Å². The number of likely N-dealkylation sites (tertiary alicyclic amines) is 1. The van der Waals surface area contributed by atoms with Gasteiger partial charge in [0, 0.05) is 0 Å². The van der Waals surface area contributed by atoms with E-state index in [0.717, 1.165) is 29.6 Å². The van der Waals surface area contributed by atoms with Crippen LogP contribution in [0.15, 0.2) is 16.5 Å². The molecule has 0 unspecified atom stereocenters. The molecular formula is C13H20NOS. The van der Waals surface area contributed by atoms with E-state index in [1.807, 2.05) is 0 Å². The smallest absolute Gasteiger partial charge is 0.118 e. The molecule has 2 nitrogen and oxygen atoms in total. The molecule has 1 aliphatic heterocycles. The minimum atomic E-state index is 0.905. The van der Waals surface area contributed by atoms with E-state index in [4.69, 9.17) is 4.42 Å². The van der Waals surface area contributed by atoms with E-state index in [-0.39, 0.29) is 0 Å². The first kappa shape index (κ1) is 12.1. The molecule has 2 rings (SSSR count). The molecule has 16 heavy (non-hydrogen) atoms. The van der Waals surface area contributed by atoms with E-state index in [9.17, 15) is 0 Å². The molecule has 1 fully saturated rings. The maximum atomic E-state index is 5.80. The monoisotopic (exact) mass is 238 g/mol. The highest BCUT2D eigenvalue weighted by Crippen LogP contribution is 2.18. The number of hydrogen-bond acceptors (Lipinski definition) is 3. The third-order valence-electron chi connectivity index (χ3n) is 2.93. The van der Waals surface area contributed by atoms with Crippen molar-refractivity contribution in [2.24, 2.45) is 0 Å². The van der Waals surface area contributed by atoms with Gasteiger partial charge in [-0.15, -0.1) is 0 Å². The average molecular weight is 238 g/mol. The van der Waals surface area contributed by atoms with Gasteiger partial charge in [0.25, 0.3) is 0 Å². The van der Waals surface area contributed by atoms with Gasteiger partial charge in [0.05, 0.1) is 12.3 Å². The Morgan fingerprint density at radius 3 is 2.69 bits per heavy atom. The molecular weight excluding hydrogens is 218 g/mol. The second-order valence-corrected chi connectivity index (χ2v) is 5.36. The lowest BCUT2D eigenvalue weighted by Crippen LogP contribution is -2.28. The van der Waals surface area contributed by atoms with Gasteiger partial charge in [-0.1, -0.05) is 6.42 Å². The molecule has 3 heteroatoms. The zero-order valence-electron chi connectivity index (χ0n) is 9.78. The van der Waals surface area contributed by atoms with E-state index in [0.29, 0.717) is 0 Å². The normalized spacial score (nSPS) is 17.8.